The van der Waals surface area contributed by atoms with Gasteiger partial charge in [0.15, 0.2) is 0 Å². The van der Waals surface area contributed by atoms with E-state index < -0.39 is 0 Å². The molecule has 0 N–H and O–H groups in total. The van der Waals surface area contributed by atoms with Crippen molar-refractivity contribution in [3.05, 3.63) is 29.8 Å². The molecule has 0 heterocycles. The Hall–Kier alpha value is -1.31. The quantitative estimate of drug-likeness (QED) is 0.711. The second-order valence-corrected chi connectivity index (χ2v) is 4.35. The van der Waals surface area contributed by atoms with Gasteiger partial charge in [-0.1, -0.05) is 31.4 Å². The van der Waals surface area contributed by atoms with Gasteiger partial charge in [-0.3, -0.25) is 4.99 Å². The highest BCUT2D eigenvalue weighted by atomic mass is 16.5. The van der Waals surface area contributed by atoms with Gasteiger partial charge in [-0.2, -0.15) is 0 Å². The van der Waals surface area contributed by atoms with Crippen molar-refractivity contribution in [2.45, 2.75) is 38.1 Å². The number of benzene rings is 1. The summed E-state index contributed by atoms with van der Waals surface area (Å²) in [4.78, 5) is 4.65. The minimum Gasteiger partial charge on any atom is -0.497 e. The normalized spacial score (nSPS) is 17.8. The fourth-order valence-electron chi connectivity index (χ4n) is 2.14. The third-order valence-electron chi connectivity index (χ3n) is 3.10. The molecule has 0 unspecified atom stereocenters. The molecule has 1 aromatic carbocycles. The van der Waals surface area contributed by atoms with Crippen molar-refractivity contribution in [1.29, 1.82) is 0 Å². The topological polar surface area (TPSA) is 21.6 Å². The summed E-state index contributed by atoms with van der Waals surface area (Å²) < 4.78 is 5.18. The lowest BCUT2D eigenvalue weighted by atomic mass is 9.96. The van der Waals surface area contributed by atoms with Crippen LogP contribution in [0, 0.1) is 0 Å². The molecule has 86 valence electrons. The second-order valence-electron chi connectivity index (χ2n) is 4.35. The van der Waals surface area contributed by atoms with Crippen LogP contribution >= 0.6 is 0 Å². The number of hydrogen-bond acceptors (Lipinski definition) is 2. The van der Waals surface area contributed by atoms with E-state index in [0.717, 1.165) is 11.3 Å². The van der Waals surface area contributed by atoms with E-state index >= 15 is 0 Å². The minimum atomic E-state index is 0.542. The van der Waals surface area contributed by atoms with Crippen LogP contribution in [0.25, 0.3) is 0 Å². The fourth-order valence-corrected chi connectivity index (χ4v) is 2.14. The van der Waals surface area contributed by atoms with Crippen molar-refractivity contribution >= 4 is 6.21 Å². The molecule has 0 atom stereocenters. The Morgan fingerprint density at radius 3 is 2.81 bits per heavy atom. The Labute approximate surface area is 97.4 Å². The number of ether oxygens (including phenoxy) is 1. The zero-order chi connectivity index (χ0) is 11.2. The van der Waals surface area contributed by atoms with Crippen LogP contribution in [0.3, 0.4) is 0 Å². The average molecular weight is 217 g/mol. The third kappa shape index (κ3) is 3.09. The van der Waals surface area contributed by atoms with Gasteiger partial charge in [0.1, 0.15) is 5.75 Å². The first-order valence-corrected chi connectivity index (χ1v) is 6.06. The van der Waals surface area contributed by atoms with E-state index in [1.165, 1.54) is 32.1 Å². The summed E-state index contributed by atoms with van der Waals surface area (Å²) >= 11 is 0. The first-order chi connectivity index (χ1) is 7.88. The molecule has 0 saturated heterocycles. The molecule has 0 aromatic heterocycles. The summed E-state index contributed by atoms with van der Waals surface area (Å²) in [6.45, 7) is 0. The van der Waals surface area contributed by atoms with Crippen molar-refractivity contribution in [3.63, 3.8) is 0 Å². The number of hydrogen-bond donors (Lipinski definition) is 0. The summed E-state index contributed by atoms with van der Waals surface area (Å²) in [5.74, 6) is 0.896. The molecule has 0 radical (unpaired) electrons. The Balaban J connectivity index is 1.98. The van der Waals surface area contributed by atoms with Crippen LogP contribution in [0.15, 0.2) is 29.3 Å². The molecule has 1 aromatic rings. The summed E-state index contributed by atoms with van der Waals surface area (Å²) in [5, 5.41) is 0. The van der Waals surface area contributed by atoms with Crippen LogP contribution in [0.1, 0.15) is 37.7 Å². The second kappa shape index (κ2) is 5.69. The highest BCUT2D eigenvalue weighted by molar-refractivity contribution is 5.80. The smallest absolute Gasteiger partial charge is 0.119 e. The molecule has 2 heteroatoms. The molecular formula is C14H19NO. The van der Waals surface area contributed by atoms with Crippen molar-refractivity contribution in [2.24, 2.45) is 4.99 Å². The SMILES string of the molecule is COc1cccc(C=NC2CCCCC2)c1. The molecule has 2 rings (SSSR count). The number of nitrogens with zero attached hydrogens (tertiary/aromatic N) is 1. The summed E-state index contributed by atoms with van der Waals surface area (Å²) in [6, 6.07) is 8.58. The summed E-state index contributed by atoms with van der Waals surface area (Å²) in [5.41, 5.74) is 1.13. The van der Waals surface area contributed by atoms with Gasteiger partial charge in [-0.15, -0.1) is 0 Å². The Morgan fingerprint density at radius 1 is 1.25 bits per heavy atom. The lowest BCUT2D eigenvalue weighted by molar-refractivity contribution is 0.414. The van der Waals surface area contributed by atoms with E-state index in [1.807, 2.05) is 24.4 Å². The third-order valence-corrected chi connectivity index (χ3v) is 3.10. The maximum atomic E-state index is 5.18. The number of aliphatic imine (C=N–C) groups is 1. The van der Waals surface area contributed by atoms with Gasteiger partial charge in [0.2, 0.25) is 0 Å². The molecule has 1 aliphatic carbocycles. The Bertz CT molecular complexity index is 354. The van der Waals surface area contributed by atoms with Crippen molar-refractivity contribution in [3.8, 4) is 5.75 Å². The van der Waals surface area contributed by atoms with Crippen LogP contribution in [0.5, 0.6) is 5.75 Å². The van der Waals surface area contributed by atoms with Crippen LogP contribution in [-0.2, 0) is 0 Å². The van der Waals surface area contributed by atoms with Gasteiger partial charge in [-0.05, 0) is 30.5 Å². The molecule has 1 fully saturated rings. The van der Waals surface area contributed by atoms with Crippen molar-refractivity contribution in [2.75, 3.05) is 7.11 Å². The van der Waals surface area contributed by atoms with Gasteiger partial charge in [-0.25, -0.2) is 0 Å². The monoisotopic (exact) mass is 217 g/mol. The standard InChI is InChI=1S/C14H19NO/c1-16-14-9-5-6-12(10-14)11-15-13-7-3-2-4-8-13/h5-6,9-11,13H,2-4,7-8H2,1H3. The van der Waals surface area contributed by atoms with E-state index in [4.69, 9.17) is 4.74 Å². The number of rotatable bonds is 3. The largest absolute Gasteiger partial charge is 0.497 e. The number of methoxy groups -OCH3 is 1. The van der Waals surface area contributed by atoms with Crippen LogP contribution < -0.4 is 4.74 Å². The van der Waals surface area contributed by atoms with Crippen molar-refractivity contribution in [1.82, 2.24) is 0 Å². The Kier molecular flexibility index (Phi) is 3.97. The molecule has 16 heavy (non-hydrogen) atoms. The molecule has 1 saturated carbocycles. The van der Waals surface area contributed by atoms with Gasteiger partial charge in [0, 0.05) is 12.3 Å². The lowest BCUT2D eigenvalue weighted by Crippen LogP contribution is -2.09. The maximum absolute atomic E-state index is 5.18. The van der Waals surface area contributed by atoms with Gasteiger partial charge >= 0.3 is 0 Å². The van der Waals surface area contributed by atoms with Gasteiger partial charge in [0.25, 0.3) is 0 Å². The highest BCUT2D eigenvalue weighted by Crippen LogP contribution is 2.20. The fraction of sp³-hybridized carbons (Fsp3) is 0.500. The zero-order valence-corrected chi connectivity index (χ0v) is 9.86. The molecule has 1 aliphatic rings. The van der Waals surface area contributed by atoms with E-state index in [9.17, 15) is 0 Å². The van der Waals surface area contributed by atoms with Gasteiger partial charge < -0.3 is 4.74 Å². The predicted octanol–water partition coefficient (Wildman–Crippen LogP) is 3.45. The molecule has 0 spiro atoms. The molecule has 2 nitrogen and oxygen atoms in total. The van der Waals surface area contributed by atoms with Crippen LogP contribution in [-0.4, -0.2) is 19.4 Å². The van der Waals surface area contributed by atoms with E-state index in [1.54, 1.807) is 7.11 Å². The first kappa shape index (κ1) is 11.2. The lowest BCUT2D eigenvalue weighted by Gasteiger charge is -2.17. The minimum absolute atomic E-state index is 0.542. The summed E-state index contributed by atoms with van der Waals surface area (Å²) in [6.07, 6.45) is 8.53. The zero-order valence-electron chi connectivity index (χ0n) is 9.86. The Morgan fingerprint density at radius 2 is 2.06 bits per heavy atom. The van der Waals surface area contributed by atoms with E-state index in [-0.39, 0.29) is 0 Å². The average Bonchev–Trinajstić information content (AvgIpc) is 2.38. The molecule has 0 aliphatic heterocycles. The molecule has 0 bridgehead atoms. The van der Waals surface area contributed by atoms with E-state index in [0.29, 0.717) is 6.04 Å². The molecule has 0 amide bonds. The van der Waals surface area contributed by atoms with E-state index in [2.05, 4.69) is 11.1 Å². The predicted molar refractivity (Wildman–Crippen MR) is 67.5 cm³/mol. The van der Waals surface area contributed by atoms with Crippen LogP contribution in [0.2, 0.25) is 0 Å². The molecular weight excluding hydrogens is 198 g/mol. The first-order valence-electron chi connectivity index (χ1n) is 6.06. The van der Waals surface area contributed by atoms with Crippen molar-refractivity contribution < 1.29 is 4.74 Å². The summed E-state index contributed by atoms with van der Waals surface area (Å²) in [7, 11) is 1.69. The maximum Gasteiger partial charge on any atom is 0.119 e. The van der Waals surface area contributed by atoms with Gasteiger partial charge in [0.05, 0.1) is 7.11 Å². The highest BCUT2D eigenvalue weighted by Gasteiger charge is 2.10. The van der Waals surface area contributed by atoms with Crippen LogP contribution in [0.4, 0.5) is 0 Å².